The Morgan fingerprint density at radius 1 is 1.06 bits per heavy atom. The molecule has 5 rings (SSSR count). The minimum absolute atomic E-state index is 0.0573. The highest BCUT2D eigenvalue weighted by atomic mass is 16.5. The molecular formula is C26H27N5O4. The summed E-state index contributed by atoms with van der Waals surface area (Å²) in [5.74, 6) is -0.296. The van der Waals surface area contributed by atoms with Crippen molar-refractivity contribution in [3.63, 3.8) is 0 Å². The average Bonchev–Trinajstić information content (AvgIpc) is 3.44. The molecule has 180 valence electrons. The summed E-state index contributed by atoms with van der Waals surface area (Å²) in [6, 6.07) is 17.2. The lowest BCUT2D eigenvalue weighted by Gasteiger charge is -2.23. The van der Waals surface area contributed by atoms with Crippen LogP contribution in [0.3, 0.4) is 0 Å². The molecule has 0 saturated carbocycles. The molecule has 9 nitrogen and oxygen atoms in total. The summed E-state index contributed by atoms with van der Waals surface area (Å²) in [6.45, 7) is 2.63. The number of benzene rings is 2. The molecule has 0 fully saturated rings. The third-order valence-corrected chi connectivity index (χ3v) is 6.47. The van der Waals surface area contributed by atoms with Gasteiger partial charge in [-0.25, -0.2) is 14.3 Å². The molecule has 2 aromatic heterocycles. The fraction of sp³-hybridized carbons (Fsp3) is 0.308. The van der Waals surface area contributed by atoms with E-state index in [-0.39, 0.29) is 30.6 Å². The normalized spacial score (nSPS) is 15.0. The minimum Gasteiger partial charge on any atom is -0.383 e. The van der Waals surface area contributed by atoms with Gasteiger partial charge in [0.2, 0.25) is 5.91 Å². The number of ether oxygens (including phenoxy) is 1. The molecule has 0 saturated heterocycles. The van der Waals surface area contributed by atoms with E-state index in [2.05, 4.69) is 4.98 Å². The van der Waals surface area contributed by atoms with Gasteiger partial charge in [-0.15, -0.1) is 0 Å². The van der Waals surface area contributed by atoms with E-state index in [0.29, 0.717) is 18.8 Å². The minimum atomic E-state index is -0.558. The summed E-state index contributed by atoms with van der Waals surface area (Å²) < 4.78 is 9.35. The van der Waals surface area contributed by atoms with Crippen LogP contribution in [-0.2, 0) is 35.6 Å². The first-order valence-corrected chi connectivity index (χ1v) is 11.6. The Bertz CT molecular complexity index is 1500. The average molecular weight is 474 g/mol. The maximum atomic E-state index is 13.6. The molecule has 1 aliphatic heterocycles. The number of fused-ring (bicyclic) bond motifs is 2. The van der Waals surface area contributed by atoms with Crippen molar-refractivity contribution in [2.45, 2.75) is 39.0 Å². The summed E-state index contributed by atoms with van der Waals surface area (Å²) in [5, 5.41) is 0. The Morgan fingerprint density at radius 2 is 1.80 bits per heavy atom. The third kappa shape index (κ3) is 4.08. The molecule has 1 unspecified atom stereocenters. The first-order chi connectivity index (χ1) is 17.0. The highest BCUT2D eigenvalue weighted by Gasteiger charge is 2.31. The number of hydrogen-bond acceptors (Lipinski definition) is 5. The number of anilines is 1. The first-order valence-electron chi connectivity index (χ1n) is 11.6. The van der Waals surface area contributed by atoms with Gasteiger partial charge < -0.3 is 14.2 Å². The second-order valence-electron chi connectivity index (χ2n) is 8.79. The number of nitrogens with zero attached hydrogens (tertiary/aromatic N) is 5. The topological polar surface area (TPSA) is 91.4 Å². The van der Waals surface area contributed by atoms with E-state index in [1.165, 1.54) is 10.9 Å². The Balaban J connectivity index is 1.61. The lowest BCUT2D eigenvalue weighted by Crippen LogP contribution is -2.46. The predicted octanol–water partition coefficient (Wildman–Crippen LogP) is 2.03. The van der Waals surface area contributed by atoms with Gasteiger partial charge in [-0.2, -0.15) is 0 Å². The molecule has 0 aliphatic carbocycles. The molecule has 0 radical (unpaired) electrons. The van der Waals surface area contributed by atoms with Crippen LogP contribution in [0.4, 0.5) is 5.69 Å². The summed E-state index contributed by atoms with van der Waals surface area (Å²) in [5.41, 5.74) is 2.28. The molecule has 2 aromatic carbocycles. The number of aromatic nitrogens is 4. The number of amides is 1. The largest absolute Gasteiger partial charge is 0.383 e. The van der Waals surface area contributed by atoms with E-state index in [9.17, 15) is 14.4 Å². The Labute approximate surface area is 201 Å². The van der Waals surface area contributed by atoms with Gasteiger partial charge in [0.25, 0.3) is 5.56 Å². The van der Waals surface area contributed by atoms with Crippen molar-refractivity contribution in [2.24, 2.45) is 0 Å². The molecular weight excluding hydrogens is 446 g/mol. The summed E-state index contributed by atoms with van der Waals surface area (Å²) in [7, 11) is 1.58. The summed E-state index contributed by atoms with van der Waals surface area (Å²) in [4.78, 5) is 46.7. The van der Waals surface area contributed by atoms with E-state index in [4.69, 9.17) is 4.74 Å². The van der Waals surface area contributed by atoms with E-state index >= 15 is 0 Å². The zero-order chi connectivity index (χ0) is 24.5. The van der Waals surface area contributed by atoms with Crippen LogP contribution < -0.4 is 16.1 Å². The van der Waals surface area contributed by atoms with E-state index in [1.807, 2.05) is 61.5 Å². The maximum Gasteiger partial charge on any atom is 0.333 e. The van der Waals surface area contributed by atoms with Gasteiger partial charge >= 0.3 is 5.69 Å². The van der Waals surface area contributed by atoms with E-state index in [1.54, 1.807) is 16.6 Å². The number of hydrogen-bond donors (Lipinski definition) is 0. The highest BCUT2D eigenvalue weighted by molar-refractivity contribution is 5.96. The van der Waals surface area contributed by atoms with Gasteiger partial charge in [0.15, 0.2) is 11.2 Å². The molecule has 0 N–H and O–H groups in total. The van der Waals surface area contributed by atoms with Gasteiger partial charge in [0.1, 0.15) is 6.54 Å². The zero-order valence-corrected chi connectivity index (χ0v) is 19.8. The monoisotopic (exact) mass is 473 g/mol. The van der Waals surface area contributed by atoms with Crippen molar-refractivity contribution < 1.29 is 9.53 Å². The Hall–Kier alpha value is -3.98. The standard InChI is InChI=1S/C26H27N5O4/c1-18-14-20-10-6-7-11-21(20)31(18)22(32)16-30-25(33)23-24(27-17-28(23)12-13-35-2)29(26(30)34)15-19-8-4-3-5-9-19/h3-11,17-18H,12-16H2,1-2H3. The van der Waals surface area contributed by atoms with Crippen LogP contribution in [0.2, 0.25) is 0 Å². The number of methoxy groups -OCH3 is 1. The highest BCUT2D eigenvalue weighted by Crippen LogP contribution is 2.31. The van der Waals surface area contributed by atoms with Crippen LogP contribution in [0.1, 0.15) is 18.1 Å². The molecule has 1 amide bonds. The number of carbonyl (C=O) groups is 1. The molecule has 1 aliphatic rings. The molecule has 4 aromatic rings. The maximum absolute atomic E-state index is 13.6. The van der Waals surface area contributed by atoms with E-state index in [0.717, 1.165) is 27.8 Å². The van der Waals surface area contributed by atoms with Crippen molar-refractivity contribution in [3.05, 3.63) is 92.9 Å². The quantitative estimate of drug-likeness (QED) is 0.410. The zero-order valence-electron chi connectivity index (χ0n) is 19.8. The van der Waals surface area contributed by atoms with Crippen LogP contribution in [-0.4, -0.2) is 44.4 Å². The van der Waals surface area contributed by atoms with Gasteiger partial charge in [-0.05, 0) is 30.5 Å². The SMILES string of the molecule is COCCn1cnc2c1c(=O)n(CC(=O)N1c3ccccc3CC1C)c(=O)n2Cc1ccccc1. The first kappa shape index (κ1) is 22.8. The second kappa shape index (κ2) is 9.34. The van der Waals surface area contributed by atoms with Gasteiger partial charge in [0, 0.05) is 25.4 Å². The summed E-state index contributed by atoms with van der Waals surface area (Å²) in [6.07, 6.45) is 2.27. The molecule has 9 heteroatoms. The summed E-state index contributed by atoms with van der Waals surface area (Å²) >= 11 is 0. The van der Waals surface area contributed by atoms with Gasteiger partial charge in [-0.1, -0.05) is 48.5 Å². The number of para-hydroxylation sites is 1. The van der Waals surface area contributed by atoms with Crippen LogP contribution >= 0.6 is 0 Å². The molecule has 35 heavy (non-hydrogen) atoms. The van der Waals surface area contributed by atoms with Crippen molar-refractivity contribution in [3.8, 4) is 0 Å². The lowest BCUT2D eigenvalue weighted by molar-refractivity contribution is -0.119. The number of imidazole rings is 1. The van der Waals surface area contributed by atoms with E-state index < -0.39 is 11.2 Å². The van der Waals surface area contributed by atoms with Crippen molar-refractivity contribution in [2.75, 3.05) is 18.6 Å². The molecule has 0 bridgehead atoms. The Kier molecular flexibility index (Phi) is 6.08. The molecule has 3 heterocycles. The van der Waals surface area contributed by atoms with Gasteiger partial charge in [-0.3, -0.25) is 14.2 Å². The van der Waals surface area contributed by atoms with Gasteiger partial charge in [0.05, 0.1) is 19.5 Å². The predicted molar refractivity (Wildman–Crippen MR) is 133 cm³/mol. The van der Waals surface area contributed by atoms with Crippen LogP contribution in [0.5, 0.6) is 0 Å². The third-order valence-electron chi connectivity index (χ3n) is 6.47. The fourth-order valence-electron chi connectivity index (χ4n) is 4.80. The second-order valence-corrected chi connectivity index (χ2v) is 8.79. The van der Waals surface area contributed by atoms with Crippen molar-refractivity contribution >= 4 is 22.8 Å². The molecule has 0 spiro atoms. The number of carbonyl (C=O) groups excluding carboxylic acids is 1. The van der Waals surface area contributed by atoms with Crippen molar-refractivity contribution in [1.82, 2.24) is 18.7 Å². The van der Waals surface area contributed by atoms with Crippen LogP contribution in [0.25, 0.3) is 11.2 Å². The van der Waals surface area contributed by atoms with Crippen LogP contribution in [0.15, 0.2) is 70.5 Å². The lowest BCUT2D eigenvalue weighted by atomic mass is 10.1. The molecule has 1 atom stereocenters. The number of rotatable bonds is 7. The van der Waals surface area contributed by atoms with Crippen LogP contribution in [0, 0.1) is 0 Å². The Morgan fingerprint density at radius 3 is 2.57 bits per heavy atom. The van der Waals surface area contributed by atoms with Crippen molar-refractivity contribution in [1.29, 1.82) is 0 Å². The smallest absolute Gasteiger partial charge is 0.333 e. The fourth-order valence-corrected chi connectivity index (χ4v) is 4.80.